The van der Waals surface area contributed by atoms with E-state index < -0.39 is 15.9 Å². The minimum Gasteiger partial charge on any atom is -0.491 e. The van der Waals surface area contributed by atoms with Crippen LogP contribution in [0.15, 0.2) is 53.0 Å². The molecule has 0 radical (unpaired) electrons. The third-order valence-corrected chi connectivity index (χ3v) is 4.93. The molecule has 0 saturated carbocycles. The van der Waals surface area contributed by atoms with Crippen LogP contribution in [-0.2, 0) is 14.8 Å². The van der Waals surface area contributed by atoms with Crippen LogP contribution >= 0.6 is 15.9 Å². The summed E-state index contributed by atoms with van der Waals surface area (Å²) in [4.78, 5) is 12.3. The van der Waals surface area contributed by atoms with Gasteiger partial charge in [0.1, 0.15) is 12.3 Å². The van der Waals surface area contributed by atoms with Crippen LogP contribution in [0.3, 0.4) is 0 Å². The van der Waals surface area contributed by atoms with Gasteiger partial charge in [0, 0.05) is 10.2 Å². The van der Waals surface area contributed by atoms with Crippen molar-refractivity contribution in [1.82, 2.24) is 0 Å². The van der Waals surface area contributed by atoms with Crippen LogP contribution in [-0.4, -0.2) is 33.2 Å². The fourth-order valence-corrected chi connectivity index (χ4v) is 3.49. The van der Waals surface area contributed by atoms with Gasteiger partial charge in [0.25, 0.3) is 0 Å². The second-order valence-corrected chi connectivity index (χ2v) is 8.81. The average molecular weight is 441 g/mol. The molecule has 8 heteroatoms. The number of anilines is 2. The van der Waals surface area contributed by atoms with Crippen molar-refractivity contribution in [3.63, 3.8) is 0 Å². The summed E-state index contributed by atoms with van der Waals surface area (Å²) in [5, 5.41) is 2.70. The maximum atomic E-state index is 12.3. The quantitative estimate of drug-likeness (QED) is 0.712. The molecule has 0 spiro atoms. The van der Waals surface area contributed by atoms with E-state index in [0.29, 0.717) is 17.1 Å². The van der Waals surface area contributed by atoms with Gasteiger partial charge >= 0.3 is 0 Å². The molecule has 2 rings (SSSR count). The van der Waals surface area contributed by atoms with E-state index in [9.17, 15) is 13.2 Å². The summed E-state index contributed by atoms with van der Waals surface area (Å²) in [6.07, 6.45) is 1.13. The third-order valence-electron chi connectivity index (χ3n) is 3.29. The number of hydrogen-bond donors (Lipinski definition) is 1. The summed E-state index contributed by atoms with van der Waals surface area (Å²) in [6, 6.07) is 13.7. The van der Waals surface area contributed by atoms with Gasteiger partial charge in [0.2, 0.25) is 15.9 Å². The van der Waals surface area contributed by atoms with Gasteiger partial charge in [-0.1, -0.05) is 22.0 Å². The predicted octanol–water partition coefficient (Wildman–Crippen LogP) is 3.64. The van der Waals surface area contributed by atoms with Crippen molar-refractivity contribution in [2.24, 2.45) is 0 Å². The van der Waals surface area contributed by atoms with Crippen LogP contribution in [0, 0.1) is 0 Å². The van der Waals surface area contributed by atoms with Crippen LogP contribution in [0.2, 0.25) is 0 Å². The standard InChI is InChI=1S/C18H21BrN2O4S/c1-13(2)25-17-9-7-15(8-10-17)20-18(22)12-21(26(3,23)24)16-6-4-5-14(19)11-16/h4-11,13H,12H2,1-3H3,(H,20,22). The molecule has 0 bridgehead atoms. The summed E-state index contributed by atoms with van der Waals surface area (Å²) in [5.74, 6) is 0.262. The molecule has 1 amide bonds. The highest BCUT2D eigenvalue weighted by Crippen LogP contribution is 2.22. The number of sulfonamides is 1. The second-order valence-electron chi connectivity index (χ2n) is 5.99. The number of benzene rings is 2. The minimum atomic E-state index is -3.61. The highest BCUT2D eigenvalue weighted by atomic mass is 79.9. The van der Waals surface area contributed by atoms with Crippen molar-refractivity contribution in [3.8, 4) is 5.75 Å². The molecule has 0 unspecified atom stereocenters. The van der Waals surface area contributed by atoms with Gasteiger partial charge in [-0.15, -0.1) is 0 Å². The van der Waals surface area contributed by atoms with Gasteiger partial charge in [-0.3, -0.25) is 9.10 Å². The van der Waals surface area contributed by atoms with Gasteiger partial charge in [-0.25, -0.2) is 8.42 Å². The van der Waals surface area contributed by atoms with E-state index in [1.165, 1.54) is 0 Å². The predicted molar refractivity (Wildman–Crippen MR) is 107 cm³/mol. The molecule has 0 aliphatic carbocycles. The number of carbonyl (C=O) groups excluding carboxylic acids is 1. The first-order valence-electron chi connectivity index (χ1n) is 7.95. The monoisotopic (exact) mass is 440 g/mol. The first-order valence-corrected chi connectivity index (χ1v) is 10.6. The maximum Gasteiger partial charge on any atom is 0.245 e. The number of nitrogens with zero attached hydrogens (tertiary/aromatic N) is 1. The van der Waals surface area contributed by atoms with Crippen LogP contribution < -0.4 is 14.4 Å². The Kier molecular flexibility index (Phi) is 6.66. The summed E-state index contributed by atoms with van der Waals surface area (Å²) < 4.78 is 31.5. The lowest BCUT2D eigenvalue weighted by Gasteiger charge is -2.22. The molecule has 0 aliphatic rings. The Balaban J connectivity index is 2.10. The normalized spacial score (nSPS) is 11.3. The number of ether oxygens (including phenoxy) is 1. The number of amides is 1. The molecule has 0 heterocycles. The van der Waals surface area contributed by atoms with Crippen molar-refractivity contribution in [3.05, 3.63) is 53.0 Å². The summed E-state index contributed by atoms with van der Waals surface area (Å²) >= 11 is 3.31. The van der Waals surface area contributed by atoms with E-state index in [2.05, 4.69) is 21.2 Å². The van der Waals surface area contributed by atoms with Gasteiger partial charge < -0.3 is 10.1 Å². The van der Waals surface area contributed by atoms with Crippen LogP contribution in [0.25, 0.3) is 0 Å². The topological polar surface area (TPSA) is 75.7 Å². The van der Waals surface area contributed by atoms with Gasteiger partial charge in [-0.2, -0.15) is 0 Å². The summed E-state index contributed by atoms with van der Waals surface area (Å²) in [7, 11) is -3.61. The third kappa shape index (κ3) is 6.03. The molecule has 140 valence electrons. The lowest BCUT2D eigenvalue weighted by Crippen LogP contribution is -2.37. The molecule has 0 atom stereocenters. The molecule has 0 aromatic heterocycles. The molecular weight excluding hydrogens is 420 g/mol. The molecule has 2 aromatic rings. The zero-order valence-corrected chi connectivity index (χ0v) is 17.2. The van der Waals surface area contributed by atoms with Crippen LogP contribution in [0.1, 0.15) is 13.8 Å². The first-order chi connectivity index (χ1) is 12.1. The highest BCUT2D eigenvalue weighted by Gasteiger charge is 2.21. The Labute approximate surface area is 162 Å². The van der Waals surface area contributed by atoms with Gasteiger partial charge in [0.05, 0.1) is 18.0 Å². The molecule has 0 aliphatic heterocycles. The number of rotatable bonds is 7. The average Bonchev–Trinajstić information content (AvgIpc) is 2.53. The Hall–Kier alpha value is -2.06. The largest absolute Gasteiger partial charge is 0.491 e. The lowest BCUT2D eigenvalue weighted by molar-refractivity contribution is -0.114. The van der Waals surface area contributed by atoms with E-state index in [0.717, 1.165) is 15.0 Å². The number of nitrogens with one attached hydrogen (secondary N) is 1. The zero-order valence-electron chi connectivity index (χ0n) is 14.8. The molecular formula is C18H21BrN2O4S. The van der Waals surface area contributed by atoms with Crippen molar-refractivity contribution < 1.29 is 17.9 Å². The highest BCUT2D eigenvalue weighted by molar-refractivity contribution is 9.10. The first kappa shape index (κ1) is 20.3. The Morgan fingerprint density at radius 2 is 1.85 bits per heavy atom. The van der Waals surface area contributed by atoms with E-state index in [1.807, 2.05) is 13.8 Å². The second kappa shape index (κ2) is 8.55. The SMILES string of the molecule is CC(C)Oc1ccc(NC(=O)CN(c2cccc(Br)c2)S(C)(=O)=O)cc1. The summed E-state index contributed by atoms with van der Waals surface area (Å²) in [5.41, 5.74) is 0.978. The molecule has 26 heavy (non-hydrogen) atoms. The lowest BCUT2D eigenvalue weighted by atomic mass is 10.3. The van der Waals surface area contributed by atoms with Crippen LogP contribution in [0.5, 0.6) is 5.75 Å². The Bertz CT molecular complexity index is 867. The van der Waals surface area contributed by atoms with Crippen molar-refractivity contribution in [1.29, 1.82) is 0 Å². The van der Waals surface area contributed by atoms with E-state index in [4.69, 9.17) is 4.74 Å². The maximum absolute atomic E-state index is 12.3. The fourth-order valence-electron chi connectivity index (χ4n) is 2.25. The van der Waals surface area contributed by atoms with E-state index in [-0.39, 0.29) is 12.6 Å². The zero-order chi connectivity index (χ0) is 19.3. The number of carbonyl (C=O) groups is 1. The van der Waals surface area contributed by atoms with Crippen molar-refractivity contribution in [2.75, 3.05) is 22.4 Å². The van der Waals surface area contributed by atoms with Gasteiger partial charge in [0.15, 0.2) is 0 Å². The van der Waals surface area contributed by atoms with E-state index >= 15 is 0 Å². The molecule has 0 saturated heterocycles. The van der Waals surface area contributed by atoms with Gasteiger partial charge in [-0.05, 0) is 56.3 Å². The van der Waals surface area contributed by atoms with Crippen molar-refractivity contribution >= 4 is 43.2 Å². The van der Waals surface area contributed by atoms with Crippen LogP contribution in [0.4, 0.5) is 11.4 Å². The molecule has 1 N–H and O–H groups in total. The number of hydrogen-bond acceptors (Lipinski definition) is 4. The Morgan fingerprint density at radius 3 is 2.38 bits per heavy atom. The number of halogens is 1. The Morgan fingerprint density at radius 1 is 1.19 bits per heavy atom. The minimum absolute atomic E-state index is 0.0592. The molecule has 0 fully saturated rings. The fraction of sp³-hybridized carbons (Fsp3) is 0.278. The summed E-state index contributed by atoms with van der Waals surface area (Å²) in [6.45, 7) is 3.54. The van der Waals surface area contributed by atoms with Crippen molar-refractivity contribution in [2.45, 2.75) is 20.0 Å². The smallest absolute Gasteiger partial charge is 0.245 e. The molecule has 2 aromatic carbocycles. The van der Waals surface area contributed by atoms with E-state index in [1.54, 1.807) is 48.5 Å². The molecule has 6 nitrogen and oxygen atoms in total.